The van der Waals surface area contributed by atoms with E-state index in [4.69, 9.17) is 9.84 Å². The number of likely N-dealkylation sites (N-methyl/N-ethyl adjacent to an activating group) is 1. The van der Waals surface area contributed by atoms with Crippen LogP contribution in [0.4, 0.5) is 0 Å². The summed E-state index contributed by atoms with van der Waals surface area (Å²) in [6, 6.07) is 0. The molecule has 0 amide bonds. The van der Waals surface area contributed by atoms with Crippen molar-refractivity contribution < 1.29 is 9.84 Å². The van der Waals surface area contributed by atoms with Crippen molar-refractivity contribution in [3.8, 4) is 0 Å². The Morgan fingerprint density at radius 3 is 2.36 bits per heavy atom. The molecule has 0 aromatic rings. The van der Waals surface area contributed by atoms with E-state index in [2.05, 4.69) is 5.32 Å². The Hall–Kier alpha value is -0.120. The molecule has 1 spiro atoms. The fourth-order valence-electron chi connectivity index (χ4n) is 2.35. The summed E-state index contributed by atoms with van der Waals surface area (Å²) in [5, 5.41) is 12.3. The van der Waals surface area contributed by atoms with Gasteiger partial charge in [0.15, 0.2) is 0 Å². The lowest BCUT2D eigenvalue weighted by molar-refractivity contribution is -0.198. The van der Waals surface area contributed by atoms with Gasteiger partial charge in [-0.2, -0.15) is 0 Å². The van der Waals surface area contributed by atoms with Gasteiger partial charge in [0, 0.05) is 11.0 Å². The third-order valence-corrected chi connectivity index (χ3v) is 3.08. The molecule has 0 bridgehead atoms. The molecule has 2 rings (SSSR count). The molecular weight excluding hydrogens is 142 g/mol. The number of nitrogens with one attached hydrogen (secondary N) is 1. The lowest BCUT2D eigenvalue weighted by Gasteiger charge is -2.59. The van der Waals surface area contributed by atoms with Gasteiger partial charge in [-0.15, -0.1) is 0 Å². The van der Waals surface area contributed by atoms with Gasteiger partial charge in [-0.1, -0.05) is 0 Å². The summed E-state index contributed by atoms with van der Waals surface area (Å²) in [5.74, 6) is 0. The molecule has 1 saturated heterocycles. The fraction of sp³-hybridized carbons (Fsp3) is 1.00. The summed E-state index contributed by atoms with van der Waals surface area (Å²) in [6.07, 6.45) is 2.15. The summed E-state index contributed by atoms with van der Waals surface area (Å²) in [5.41, 5.74) is 0.454. The van der Waals surface area contributed by atoms with Crippen molar-refractivity contribution in [2.75, 3.05) is 26.9 Å². The highest BCUT2D eigenvalue weighted by Crippen LogP contribution is 2.52. The molecule has 3 nitrogen and oxygen atoms in total. The van der Waals surface area contributed by atoms with Gasteiger partial charge in [0.05, 0.1) is 19.8 Å². The average molecular weight is 157 g/mol. The smallest absolute Gasteiger partial charge is 0.0613 e. The molecule has 1 heterocycles. The van der Waals surface area contributed by atoms with E-state index >= 15 is 0 Å². The second-order valence-electron chi connectivity index (χ2n) is 4.03. The largest absolute Gasteiger partial charge is 0.394 e. The van der Waals surface area contributed by atoms with E-state index in [0.29, 0.717) is 5.41 Å². The second-order valence-corrected chi connectivity index (χ2v) is 4.03. The van der Waals surface area contributed by atoms with Crippen molar-refractivity contribution >= 4 is 0 Å². The van der Waals surface area contributed by atoms with Crippen molar-refractivity contribution in [1.29, 1.82) is 0 Å². The van der Waals surface area contributed by atoms with E-state index in [1.54, 1.807) is 0 Å². The molecule has 0 unspecified atom stereocenters. The van der Waals surface area contributed by atoms with Crippen LogP contribution in [-0.4, -0.2) is 37.5 Å². The van der Waals surface area contributed by atoms with Crippen molar-refractivity contribution in [2.24, 2.45) is 5.41 Å². The third kappa shape index (κ3) is 0.916. The molecule has 2 N–H and O–H groups in total. The number of rotatable bonds is 2. The van der Waals surface area contributed by atoms with Crippen LogP contribution in [0.5, 0.6) is 0 Å². The Balaban J connectivity index is 1.93. The zero-order valence-corrected chi connectivity index (χ0v) is 6.89. The Labute approximate surface area is 66.7 Å². The van der Waals surface area contributed by atoms with E-state index in [9.17, 15) is 0 Å². The first-order chi connectivity index (χ1) is 5.24. The predicted molar refractivity (Wildman–Crippen MR) is 41.4 cm³/mol. The molecule has 0 radical (unpaired) electrons. The van der Waals surface area contributed by atoms with Crippen LogP contribution in [-0.2, 0) is 4.74 Å². The van der Waals surface area contributed by atoms with Crippen LogP contribution in [0, 0.1) is 5.41 Å². The molecule has 11 heavy (non-hydrogen) atoms. The van der Waals surface area contributed by atoms with Gasteiger partial charge in [0.1, 0.15) is 0 Å². The average Bonchev–Trinajstić information content (AvgIpc) is 1.85. The molecule has 1 aliphatic heterocycles. The third-order valence-electron chi connectivity index (χ3n) is 3.08. The maximum atomic E-state index is 9.09. The molecule has 0 aromatic heterocycles. The Kier molecular flexibility index (Phi) is 1.50. The van der Waals surface area contributed by atoms with Crippen LogP contribution in [0.15, 0.2) is 0 Å². The molecular formula is C8H15NO2. The Morgan fingerprint density at radius 1 is 1.45 bits per heavy atom. The number of aliphatic hydroxyl groups excluding tert-OH is 1. The van der Waals surface area contributed by atoms with Gasteiger partial charge in [0.2, 0.25) is 0 Å². The SMILES string of the molecule is CNC1(CO)CC2(COC2)C1. The predicted octanol–water partition coefficient (Wildman–Crippen LogP) is -0.253. The van der Waals surface area contributed by atoms with Crippen molar-refractivity contribution in [3.63, 3.8) is 0 Å². The first kappa shape index (κ1) is 7.53. The Bertz CT molecular complexity index is 151. The molecule has 64 valence electrons. The van der Waals surface area contributed by atoms with Crippen LogP contribution in [0.2, 0.25) is 0 Å². The summed E-state index contributed by atoms with van der Waals surface area (Å²) in [7, 11) is 1.92. The minimum Gasteiger partial charge on any atom is -0.394 e. The van der Waals surface area contributed by atoms with Gasteiger partial charge < -0.3 is 15.2 Å². The molecule has 2 aliphatic rings. The molecule has 1 aliphatic carbocycles. The number of ether oxygens (including phenoxy) is 1. The van der Waals surface area contributed by atoms with E-state index in [-0.39, 0.29) is 12.1 Å². The minimum absolute atomic E-state index is 0.0176. The highest BCUT2D eigenvalue weighted by molar-refractivity contribution is 5.11. The summed E-state index contributed by atoms with van der Waals surface area (Å²) in [4.78, 5) is 0. The van der Waals surface area contributed by atoms with Gasteiger partial charge in [-0.05, 0) is 19.9 Å². The lowest BCUT2D eigenvalue weighted by atomic mass is 9.56. The van der Waals surface area contributed by atoms with E-state index in [0.717, 1.165) is 26.1 Å². The normalized spacial score (nSPS) is 31.1. The lowest BCUT2D eigenvalue weighted by Crippen LogP contribution is -2.67. The highest BCUT2D eigenvalue weighted by Gasteiger charge is 2.57. The molecule has 3 heteroatoms. The topological polar surface area (TPSA) is 41.5 Å². The molecule has 2 fully saturated rings. The minimum atomic E-state index is 0.0176. The second kappa shape index (κ2) is 2.19. The number of aliphatic hydroxyl groups is 1. The van der Waals surface area contributed by atoms with Crippen molar-refractivity contribution in [3.05, 3.63) is 0 Å². The first-order valence-electron chi connectivity index (χ1n) is 4.12. The van der Waals surface area contributed by atoms with Crippen molar-refractivity contribution in [1.82, 2.24) is 5.32 Å². The molecule has 0 aromatic carbocycles. The van der Waals surface area contributed by atoms with Gasteiger partial charge in [-0.25, -0.2) is 0 Å². The van der Waals surface area contributed by atoms with Crippen LogP contribution < -0.4 is 5.32 Å². The van der Waals surface area contributed by atoms with Crippen LogP contribution in [0.1, 0.15) is 12.8 Å². The van der Waals surface area contributed by atoms with E-state index in [1.807, 2.05) is 7.05 Å². The van der Waals surface area contributed by atoms with Crippen LogP contribution in [0.3, 0.4) is 0 Å². The quantitative estimate of drug-likeness (QED) is 0.580. The van der Waals surface area contributed by atoms with Crippen LogP contribution in [0.25, 0.3) is 0 Å². The summed E-state index contributed by atoms with van der Waals surface area (Å²) in [6.45, 7) is 2.05. The summed E-state index contributed by atoms with van der Waals surface area (Å²) >= 11 is 0. The molecule has 0 atom stereocenters. The maximum Gasteiger partial charge on any atom is 0.0613 e. The van der Waals surface area contributed by atoms with Crippen molar-refractivity contribution in [2.45, 2.75) is 18.4 Å². The summed E-state index contributed by atoms with van der Waals surface area (Å²) < 4.78 is 5.15. The monoisotopic (exact) mass is 157 g/mol. The first-order valence-corrected chi connectivity index (χ1v) is 4.12. The highest BCUT2D eigenvalue weighted by atomic mass is 16.5. The zero-order valence-electron chi connectivity index (χ0n) is 6.89. The van der Waals surface area contributed by atoms with E-state index < -0.39 is 0 Å². The maximum absolute atomic E-state index is 9.09. The standard InChI is InChI=1S/C8H15NO2/c1-9-8(4-10)2-7(3-8)5-11-6-7/h9-10H,2-6H2,1H3. The number of hydrogen-bond donors (Lipinski definition) is 2. The van der Waals surface area contributed by atoms with Crippen LogP contribution >= 0.6 is 0 Å². The fourth-order valence-corrected chi connectivity index (χ4v) is 2.35. The zero-order chi connectivity index (χ0) is 7.95. The van der Waals surface area contributed by atoms with Gasteiger partial charge in [0.25, 0.3) is 0 Å². The molecule has 1 saturated carbocycles. The number of hydrogen-bond acceptors (Lipinski definition) is 3. The van der Waals surface area contributed by atoms with Gasteiger partial charge >= 0.3 is 0 Å². The van der Waals surface area contributed by atoms with E-state index in [1.165, 1.54) is 0 Å². The Morgan fingerprint density at radius 2 is 2.09 bits per heavy atom. The van der Waals surface area contributed by atoms with Gasteiger partial charge in [-0.3, -0.25) is 0 Å².